The number of rotatable bonds is 3. The summed E-state index contributed by atoms with van der Waals surface area (Å²) in [6.07, 6.45) is 4.38. The molecule has 0 radical (unpaired) electrons. The normalized spacial score (nSPS) is 22.4. The minimum Gasteiger partial charge on any atom is -0.465 e. The first-order valence-corrected chi connectivity index (χ1v) is 7.76. The van der Waals surface area contributed by atoms with E-state index < -0.39 is 6.09 Å². The number of aryl methyl sites for hydroxylation is 1. The molecule has 4 N–H and O–H groups in total. The van der Waals surface area contributed by atoms with Gasteiger partial charge in [-0.15, -0.1) is 0 Å². The third-order valence-electron chi connectivity index (χ3n) is 4.30. The van der Waals surface area contributed by atoms with Gasteiger partial charge in [-0.2, -0.15) is 5.10 Å². The average Bonchev–Trinajstić information content (AvgIpc) is 2.70. The van der Waals surface area contributed by atoms with Gasteiger partial charge in [-0.3, -0.25) is 4.68 Å². The fourth-order valence-corrected chi connectivity index (χ4v) is 3.29. The molecule has 1 heterocycles. The lowest BCUT2D eigenvalue weighted by molar-refractivity contribution is 0.0556. The molecule has 0 atom stereocenters. The van der Waals surface area contributed by atoms with Gasteiger partial charge in [0.05, 0.1) is 11.9 Å². The molecule has 2 rings (SSSR count). The molecular formula is C15H27N5O2. The fraction of sp³-hybridized carbons (Fsp3) is 0.733. The van der Waals surface area contributed by atoms with Crippen molar-refractivity contribution in [3.63, 3.8) is 0 Å². The molecule has 22 heavy (non-hydrogen) atoms. The number of anilines is 2. The smallest absolute Gasteiger partial charge is 0.407 e. The molecule has 0 aliphatic heterocycles. The number of hydrogen-bond acceptors (Lipinski definition) is 4. The van der Waals surface area contributed by atoms with Crippen LogP contribution in [-0.4, -0.2) is 43.5 Å². The first-order chi connectivity index (χ1) is 10.2. The number of nitrogens with two attached hydrogens (primary N) is 1. The van der Waals surface area contributed by atoms with Crippen molar-refractivity contribution < 1.29 is 9.90 Å². The second kappa shape index (κ2) is 6.06. The lowest BCUT2D eigenvalue weighted by Crippen LogP contribution is -2.52. The molecule has 1 aromatic rings. The van der Waals surface area contributed by atoms with E-state index in [9.17, 15) is 9.90 Å². The molecule has 1 fully saturated rings. The highest BCUT2D eigenvalue weighted by molar-refractivity contribution is 5.66. The van der Waals surface area contributed by atoms with Crippen LogP contribution in [0.3, 0.4) is 0 Å². The van der Waals surface area contributed by atoms with Crippen LogP contribution in [0.15, 0.2) is 6.20 Å². The van der Waals surface area contributed by atoms with E-state index >= 15 is 0 Å². The van der Waals surface area contributed by atoms with Crippen molar-refractivity contribution in [3.8, 4) is 0 Å². The topological polar surface area (TPSA) is 96.4 Å². The van der Waals surface area contributed by atoms with Gasteiger partial charge in [0.2, 0.25) is 0 Å². The molecule has 124 valence electrons. The average molecular weight is 309 g/mol. The molecule has 1 amide bonds. The van der Waals surface area contributed by atoms with E-state index in [1.807, 2.05) is 27.8 Å². The molecule has 0 spiro atoms. The summed E-state index contributed by atoms with van der Waals surface area (Å²) in [5.74, 6) is 0.842. The van der Waals surface area contributed by atoms with E-state index in [1.165, 1.54) is 0 Å². The van der Waals surface area contributed by atoms with E-state index in [-0.39, 0.29) is 11.6 Å². The van der Waals surface area contributed by atoms with Gasteiger partial charge in [-0.25, -0.2) is 4.79 Å². The second-order valence-electron chi connectivity index (χ2n) is 7.05. The Kier molecular flexibility index (Phi) is 4.53. The summed E-state index contributed by atoms with van der Waals surface area (Å²) < 4.78 is 1.74. The number of nitrogen functional groups attached to an aromatic ring is 1. The Morgan fingerprint density at radius 1 is 1.41 bits per heavy atom. The van der Waals surface area contributed by atoms with Gasteiger partial charge in [-0.1, -0.05) is 0 Å². The standard InChI is InChI=1S/C15H27N5O2/c1-15(2,3)20(14(21)22)11-7-5-10(6-8-11)18-13-12(16)9-17-19(13)4/h9-11,18H,5-8,16H2,1-4H3,(H,21,22). The number of hydrogen-bond donors (Lipinski definition) is 3. The van der Waals surface area contributed by atoms with E-state index in [4.69, 9.17) is 5.73 Å². The van der Waals surface area contributed by atoms with Crippen molar-refractivity contribution in [1.82, 2.24) is 14.7 Å². The van der Waals surface area contributed by atoms with E-state index in [0.717, 1.165) is 31.5 Å². The zero-order chi connectivity index (χ0) is 16.5. The molecule has 7 nitrogen and oxygen atoms in total. The molecule has 0 aromatic carbocycles. The highest BCUT2D eigenvalue weighted by Gasteiger charge is 2.35. The Morgan fingerprint density at radius 2 is 2.00 bits per heavy atom. The third kappa shape index (κ3) is 3.45. The van der Waals surface area contributed by atoms with Crippen LogP contribution >= 0.6 is 0 Å². The number of amides is 1. The molecule has 7 heteroatoms. The van der Waals surface area contributed by atoms with Crippen molar-refractivity contribution in [2.75, 3.05) is 11.1 Å². The summed E-state index contributed by atoms with van der Waals surface area (Å²) in [6.45, 7) is 5.84. The first kappa shape index (κ1) is 16.5. The molecule has 1 aliphatic rings. The number of carboxylic acid groups (broad SMARTS) is 1. The van der Waals surface area contributed by atoms with Crippen molar-refractivity contribution in [1.29, 1.82) is 0 Å². The SMILES string of the molecule is Cn1ncc(N)c1NC1CCC(N(C(=O)O)C(C)(C)C)CC1. The molecule has 1 saturated carbocycles. The maximum Gasteiger partial charge on any atom is 0.407 e. The zero-order valence-electron chi connectivity index (χ0n) is 13.8. The molecule has 1 aliphatic carbocycles. The Hall–Kier alpha value is -1.92. The molecule has 1 aromatic heterocycles. The predicted molar refractivity (Wildman–Crippen MR) is 86.9 cm³/mol. The molecule has 0 saturated heterocycles. The van der Waals surface area contributed by atoms with Crippen molar-refractivity contribution >= 4 is 17.6 Å². The van der Waals surface area contributed by atoms with Gasteiger partial charge in [0.25, 0.3) is 0 Å². The van der Waals surface area contributed by atoms with E-state index in [0.29, 0.717) is 11.7 Å². The first-order valence-electron chi connectivity index (χ1n) is 7.76. The van der Waals surface area contributed by atoms with Crippen LogP contribution in [0.25, 0.3) is 0 Å². The number of aromatic nitrogens is 2. The van der Waals surface area contributed by atoms with Crippen molar-refractivity contribution in [2.24, 2.45) is 7.05 Å². The van der Waals surface area contributed by atoms with Crippen molar-refractivity contribution in [3.05, 3.63) is 6.20 Å². The summed E-state index contributed by atoms with van der Waals surface area (Å²) in [5, 5.41) is 17.0. The number of carbonyl (C=O) groups is 1. The fourth-order valence-electron chi connectivity index (χ4n) is 3.29. The predicted octanol–water partition coefficient (Wildman–Crippen LogP) is 2.50. The van der Waals surface area contributed by atoms with E-state index in [1.54, 1.807) is 15.8 Å². The van der Waals surface area contributed by atoms with Gasteiger partial charge >= 0.3 is 6.09 Å². The monoisotopic (exact) mass is 309 g/mol. The molecule has 0 unspecified atom stereocenters. The second-order valence-corrected chi connectivity index (χ2v) is 7.05. The summed E-state index contributed by atoms with van der Waals surface area (Å²) in [6, 6.07) is 0.393. The van der Waals surface area contributed by atoms with Gasteiger partial charge in [0.1, 0.15) is 5.82 Å². The van der Waals surface area contributed by atoms with Gasteiger partial charge in [-0.05, 0) is 46.5 Å². The maximum absolute atomic E-state index is 11.6. The van der Waals surface area contributed by atoms with Gasteiger partial charge < -0.3 is 21.1 Å². The summed E-state index contributed by atoms with van der Waals surface area (Å²) >= 11 is 0. The highest BCUT2D eigenvalue weighted by Crippen LogP contribution is 2.30. The van der Waals surface area contributed by atoms with Crippen LogP contribution < -0.4 is 11.1 Å². The van der Waals surface area contributed by atoms with Crippen LogP contribution in [-0.2, 0) is 7.05 Å². The van der Waals surface area contributed by atoms with Crippen LogP contribution in [0.5, 0.6) is 0 Å². The Bertz CT molecular complexity index is 507. The van der Waals surface area contributed by atoms with Crippen LogP contribution in [0.2, 0.25) is 0 Å². The Labute approximate surface area is 131 Å². The number of nitrogens with zero attached hydrogens (tertiary/aromatic N) is 3. The summed E-state index contributed by atoms with van der Waals surface area (Å²) in [7, 11) is 1.86. The quantitative estimate of drug-likeness (QED) is 0.797. The minimum atomic E-state index is -0.834. The Balaban J connectivity index is 1.97. The zero-order valence-corrected chi connectivity index (χ0v) is 13.8. The lowest BCUT2D eigenvalue weighted by atomic mass is 9.88. The Morgan fingerprint density at radius 3 is 2.41 bits per heavy atom. The summed E-state index contributed by atoms with van der Waals surface area (Å²) in [4.78, 5) is 13.2. The largest absolute Gasteiger partial charge is 0.465 e. The minimum absolute atomic E-state index is 0.0828. The third-order valence-corrected chi connectivity index (χ3v) is 4.30. The van der Waals surface area contributed by atoms with E-state index in [2.05, 4.69) is 10.4 Å². The van der Waals surface area contributed by atoms with Crippen LogP contribution in [0, 0.1) is 0 Å². The molecule has 0 bridgehead atoms. The maximum atomic E-state index is 11.6. The number of nitrogens with one attached hydrogen (secondary N) is 1. The molecular weight excluding hydrogens is 282 g/mol. The highest BCUT2D eigenvalue weighted by atomic mass is 16.4. The van der Waals surface area contributed by atoms with Crippen LogP contribution in [0.4, 0.5) is 16.3 Å². The van der Waals surface area contributed by atoms with Crippen molar-refractivity contribution in [2.45, 2.75) is 64.1 Å². The van der Waals surface area contributed by atoms with Gasteiger partial charge in [0.15, 0.2) is 0 Å². The lowest BCUT2D eigenvalue weighted by Gasteiger charge is -2.42. The van der Waals surface area contributed by atoms with Gasteiger partial charge in [0, 0.05) is 24.7 Å². The summed E-state index contributed by atoms with van der Waals surface area (Å²) in [5.41, 5.74) is 6.17. The van der Waals surface area contributed by atoms with Crippen LogP contribution in [0.1, 0.15) is 46.5 Å².